The van der Waals surface area contributed by atoms with E-state index in [1.54, 1.807) is 0 Å². The van der Waals surface area contributed by atoms with Gasteiger partial charge in [-0.3, -0.25) is 0 Å². The number of benzene rings is 1. The Labute approximate surface area is 107 Å². The van der Waals surface area contributed by atoms with Crippen molar-refractivity contribution in [2.45, 2.75) is 26.7 Å². The van der Waals surface area contributed by atoms with E-state index in [4.69, 9.17) is 11.6 Å². The Kier molecular flexibility index (Phi) is 3.75. The molecule has 0 bridgehead atoms. The molecule has 1 aromatic carbocycles. The van der Waals surface area contributed by atoms with Crippen LogP contribution in [0, 0.1) is 6.92 Å². The summed E-state index contributed by atoms with van der Waals surface area (Å²) in [5.41, 5.74) is 3.22. The van der Waals surface area contributed by atoms with Crippen LogP contribution < -0.4 is 0 Å². The molecule has 0 N–H and O–H groups in total. The van der Waals surface area contributed by atoms with Gasteiger partial charge in [0.1, 0.15) is 5.15 Å². The number of nitrogens with zero attached hydrogens (tertiary/aromatic N) is 2. The van der Waals surface area contributed by atoms with Gasteiger partial charge in [0.25, 0.3) is 0 Å². The van der Waals surface area contributed by atoms with Crippen LogP contribution in [0.1, 0.15) is 24.6 Å². The molecule has 0 amide bonds. The van der Waals surface area contributed by atoms with E-state index in [9.17, 15) is 0 Å². The van der Waals surface area contributed by atoms with Crippen molar-refractivity contribution in [3.63, 3.8) is 0 Å². The van der Waals surface area contributed by atoms with Crippen LogP contribution >= 0.6 is 11.6 Å². The summed E-state index contributed by atoms with van der Waals surface area (Å²) in [4.78, 5) is 8.86. The van der Waals surface area contributed by atoms with Crippen molar-refractivity contribution in [3.05, 3.63) is 46.7 Å². The van der Waals surface area contributed by atoms with Crippen molar-refractivity contribution in [1.82, 2.24) is 9.97 Å². The third kappa shape index (κ3) is 2.83. The molecule has 0 unspecified atom stereocenters. The van der Waals surface area contributed by atoms with Gasteiger partial charge in [0.2, 0.25) is 0 Å². The second-order valence-electron chi connectivity index (χ2n) is 4.07. The summed E-state index contributed by atoms with van der Waals surface area (Å²) < 4.78 is 0. The molecule has 3 heteroatoms. The van der Waals surface area contributed by atoms with Gasteiger partial charge >= 0.3 is 0 Å². The van der Waals surface area contributed by atoms with Crippen molar-refractivity contribution in [2.75, 3.05) is 0 Å². The number of hydrogen-bond donors (Lipinski definition) is 0. The Morgan fingerprint density at radius 3 is 2.65 bits per heavy atom. The van der Waals surface area contributed by atoms with Crippen molar-refractivity contribution in [1.29, 1.82) is 0 Å². The fourth-order valence-corrected chi connectivity index (χ4v) is 2.00. The average molecular weight is 247 g/mol. The maximum atomic E-state index is 6.04. The van der Waals surface area contributed by atoms with E-state index in [-0.39, 0.29) is 0 Å². The van der Waals surface area contributed by atoms with Gasteiger partial charge in [-0.25, -0.2) is 9.97 Å². The average Bonchev–Trinajstić information content (AvgIpc) is 2.29. The van der Waals surface area contributed by atoms with E-state index in [0.717, 1.165) is 35.5 Å². The monoisotopic (exact) mass is 246 g/mol. The highest BCUT2D eigenvalue weighted by Crippen LogP contribution is 2.21. The molecule has 0 radical (unpaired) electrons. The molecule has 0 aliphatic rings. The first-order valence-electron chi connectivity index (χ1n) is 5.80. The minimum atomic E-state index is 0.515. The molecule has 17 heavy (non-hydrogen) atoms. The summed E-state index contributed by atoms with van der Waals surface area (Å²) in [6, 6.07) is 9.92. The number of aromatic nitrogens is 2. The first kappa shape index (κ1) is 12.1. The number of hydrogen-bond acceptors (Lipinski definition) is 2. The fraction of sp³-hybridized carbons (Fsp3) is 0.286. The van der Waals surface area contributed by atoms with Gasteiger partial charge in [0, 0.05) is 11.3 Å². The molecule has 2 nitrogen and oxygen atoms in total. The molecule has 0 saturated carbocycles. The zero-order valence-corrected chi connectivity index (χ0v) is 10.8. The van der Waals surface area contributed by atoms with Crippen molar-refractivity contribution in [3.8, 4) is 11.4 Å². The van der Waals surface area contributed by atoms with E-state index >= 15 is 0 Å². The van der Waals surface area contributed by atoms with Crippen LogP contribution in [0.15, 0.2) is 30.3 Å². The summed E-state index contributed by atoms with van der Waals surface area (Å²) in [6.45, 7) is 4.18. The third-order valence-corrected chi connectivity index (χ3v) is 2.83. The van der Waals surface area contributed by atoms with Gasteiger partial charge in [-0.2, -0.15) is 0 Å². The normalized spacial score (nSPS) is 10.5. The van der Waals surface area contributed by atoms with Crippen molar-refractivity contribution in [2.24, 2.45) is 0 Å². The fourth-order valence-electron chi connectivity index (χ4n) is 1.79. The van der Waals surface area contributed by atoms with Gasteiger partial charge in [-0.15, -0.1) is 0 Å². The first-order chi connectivity index (χ1) is 8.20. The highest BCUT2D eigenvalue weighted by atomic mass is 35.5. The molecule has 1 heterocycles. The van der Waals surface area contributed by atoms with E-state index in [0.29, 0.717) is 5.15 Å². The molecule has 0 spiro atoms. The van der Waals surface area contributed by atoms with Crippen molar-refractivity contribution < 1.29 is 0 Å². The maximum absolute atomic E-state index is 6.04. The number of halogens is 1. The summed E-state index contributed by atoms with van der Waals surface area (Å²) >= 11 is 6.04. The SMILES string of the molecule is CCCc1cc(Cl)nc(-c2ccccc2C)n1. The first-order valence-corrected chi connectivity index (χ1v) is 6.18. The summed E-state index contributed by atoms with van der Waals surface area (Å²) in [5.74, 6) is 0.721. The molecule has 88 valence electrons. The van der Waals surface area contributed by atoms with Gasteiger partial charge < -0.3 is 0 Å². The van der Waals surface area contributed by atoms with Crippen LogP contribution in [0.4, 0.5) is 0 Å². The lowest BCUT2D eigenvalue weighted by Crippen LogP contribution is -1.97. The zero-order chi connectivity index (χ0) is 12.3. The standard InChI is InChI=1S/C14H15ClN2/c1-3-6-11-9-13(15)17-14(16-11)12-8-5-4-7-10(12)2/h4-5,7-9H,3,6H2,1-2H3. The second kappa shape index (κ2) is 5.28. The lowest BCUT2D eigenvalue weighted by molar-refractivity contribution is 0.875. The van der Waals surface area contributed by atoms with E-state index < -0.39 is 0 Å². The van der Waals surface area contributed by atoms with E-state index in [1.165, 1.54) is 0 Å². The van der Waals surface area contributed by atoms with E-state index in [1.807, 2.05) is 24.3 Å². The van der Waals surface area contributed by atoms with Crippen LogP contribution in [0.25, 0.3) is 11.4 Å². The molecule has 0 aliphatic heterocycles. The van der Waals surface area contributed by atoms with Crippen LogP contribution in [0.2, 0.25) is 5.15 Å². The Hall–Kier alpha value is -1.41. The van der Waals surface area contributed by atoms with Gasteiger partial charge in [-0.05, 0) is 25.0 Å². The highest BCUT2D eigenvalue weighted by Gasteiger charge is 2.07. The summed E-state index contributed by atoms with van der Waals surface area (Å²) in [7, 11) is 0. The lowest BCUT2D eigenvalue weighted by atomic mass is 10.1. The van der Waals surface area contributed by atoms with Gasteiger partial charge in [0.15, 0.2) is 5.82 Å². The van der Waals surface area contributed by atoms with Crippen LogP contribution in [-0.2, 0) is 6.42 Å². The molecule has 2 rings (SSSR count). The molecular weight excluding hydrogens is 232 g/mol. The van der Waals surface area contributed by atoms with Gasteiger partial charge in [-0.1, -0.05) is 49.2 Å². The summed E-state index contributed by atoms with van der Waals surface area (Å²) in [5, 5.41) is 0.515. The number of aryl methyl sites for hydroxylation is 2. The Balaban J connectivity index is 2.48. The van der Waals surface area contributed by atoms with Crippen molar-refractivity contribution >= 4 is 11.6 Å². The minimum absolute atomic E-state index is 0.515. The lowest BCUT2D eigenvalue weighted by Gasteiger charge is -2.06. The Bertz CT molecular complexity index is 523. The largest absolute Gasteiger partial charge is 0.233 e. The summed E-state index contributed by atoms with van der Waals surface area (Å²) in [6.07, 6.45) is 1.99. The molecule has 2 aromatic rings. The predicted octanol–water partition coefficient (Wildman–Crippen LogP) is 4.06. The minimum Gasteiger partial charge on any atom is -0.233 e. The van der Waals surface area contributed by atoms with Gasteiger partial charge in [0.05, 0.1) is 0 Å². The molecular formula is C14H15ClN2. The molecule has 0 aliphatic carbocycles. The highest BCUT2D eigenvalue weighted by molar-refractivity contribution is 6.29. The maximum Gasteiger partial charge on any atom is 0.161 e. The molecule has 0 saturated heterocycles. The number of rotatable bonds is 3. The third-order valence-electron chi connectivity index (χ3n) is 2.64. The van der Waals surface area contributed by atoms with Crippen LogP contribution in [-0.4, -0.2) is 9.97 Å². The molecule has 0 fully saturated rings. The Morgan fingerprint density at radius 2 is 1.94 bits per heavy atom. The quantitative estimate of drug-likeness (QED) is 0.764. The predicted molar refractivity (Wildman–Crippen MR) is 71.2 cm³/mol. The molecule has 1 aromatic heterocycles. The van der Waals surface area contributed by atoms with Crippen LogP contribution in [0.5, 0.6) is 0 Å². The molecule has 0 atom stereocenters. The second-order valence-corrected chi connectivity index (χ2v) is 4.46. The zero-order valence-electron chi connectivity index (χ0n) is 10.1. The topological polar surface area (TPSA) is 25.8 Å². The smallest absolute Gasteiger partial charge is 0.161 e. The van der Waals surface area contributed by atoms with Crippen LogP contribution in [0.3, 0.4) is 0 Å². The Morgan fingerprint density at radius 1 is 1.18 bits per heavy atom. The van der Waals surface area contributed by atoms with E-state index in [2.05, 4.69) is 29.9 Å².